The standard InChI is InChI=1S/C46H38N2S/c1-46(2)41-20-11-10-18-38(41)45-39(37-19-12-17-34-29-47(3)30-40(34)37)27-36(28-42(45)46)48(44-26-25-43(49-44)33-15-8-5-9-16-33)35-23-21-32(22-24-35)31-13-6-4-7-14-31/h4-28H,29-30H2,1-3H3. The maximum Gasteiger partial charge on any atom is 0.101 e. The highest BCUT2D eigenvalue weighted by atomic mass is 32.1. The topological polar surface area (TPSA) is 6.48 Å². The first kappa shape index (κ1) is 29.9. The molecule has 0 radical (unpaired) electrons. The summed E-state index contributed by atoms with van der Waals surface area (Å²) < 4.78 is 0. The number of anilines is 3. The molecule has 49 heavy (non-hydrogen) atoms. The average Bonchev–Trinajstić information content (AvgIpc) is 3.84. The molecule has 1 aromatic heterocycles. The van der Waals surface area contributed by atoms with Gasteiger partial charge in [-0.25, -0.2) is 0 Å². The second kappa shape index (κ2) is 11.7. The number of benzene rings is 6. The molecule has 0 spiro atoms. The lowest BCUT2D eigenvalue weighted by Gasteiger charge is -2.28. The molecular weight excluding hydrogens is 613 g/mol. The van der Waals surface area contributed by atoms with E-state index in [-0.39, 0.29) is 5.41 Å². The molecule has 3 heteroatoms. The molecule has 0 atom stereocenters. The Bertz CT molecular complexity index is 2320. The third kappa shape index (κ3) is 5.04. The zero-order chi connectivity index (χ0) is 33.1. The summed E-state index contributed by atoms with van der Waals surface area (Å²) in [7, 11) is 2.23. The molecule has 238 valence electrons. The van der Waals surface area contributed by atoms with Crippen LogP contribution < -0.4 is 4.90 Å². The normalized spacial score (nSPS) is 14.3. The molecule has 2 nitrogen and oxygen atoms in total. The van der Waals surface area contributed by atoms with Crippen molar-refractivity contribution in [3.05, 3.63) is 174 Å². The van der Waals surface area contributed by atoms with Gasteiger partial charge in [-0.1, -0.05) is 129 Å². The first-order valence-electron chi connectivity index (χ1n) is 17.1. The third-order valence-corrected chi connectivity index (χ3v) is 11.6. The summed E-state index contributed by atoms with van der Waals surface area (Å²) >= 11 is 1.85. The summed E-state index contributed by atoms with van der Waals surface area (Å²) in [4.78, 5) is 6.16. The van der Waals surface area contributed by atoms with Crippen molar-refractivity contribution in [3.8, 4) is 43.8 Å². The Kier molecular flexibility index (Phi) is 7.16. The maximum atomic E-state index is 2.48. The van der Waals surface area contributed by atoms with Crippen LogP contribution >= 0.6 is 11.3 Å². The minimum atomic E-state index is -0.140. The van der Waals surface area contributed by atoms with Gasteiger partial charge in [0.2, 0.25) is 0 Å². The van der Waals surface area contributed by atoms with E-state index < -0.39 is 0 Å². The largest absolute Gasteiger partial charge is 0.302 e. The molecule has 2 aliphatic rings. The predicted molar refractivity (Wildman–Crippen MR) is 208 cm³/mol. The van der Waals surface area contributed by atoms with Crippen molar-refractivity contribution in [3.63, 3.8) is 0 Å². The second-order valence-electron chi connectivity index (χ2n) is 14.0. The highest BCUT2D eigenvalue weighted by molar-refractivity contribution is 7.19. The van der Waals surface area contributed by atoms with Gasteiger partial charge in [0.15, 0.2) is 0 Å². The fraction of sp³-hybridized carbons (Fsp3) is 0.130. The van der Waals surface area contributed by atoms with E-state index in [0.29, 0.717) is 0 Å². The molecule has 0 bridgehead atoms. The van der Waals surface area contributed by atoms with E-state index in [4.69, 9.17) is 0 Å². The van der Waals surface area contributed by atoms with Gasteiger partial charge in [-0.15, -0.1) is 11.3 Å². The molecular formula is C46H38N2S. The SMILES string of the molecule is CN1Cc2cccc(-c3cc(N(c4ccc(-c5ccccc5)cc4)c4ccc(-c5ccccc5)s4)cc4c3-c3ccccc3C4(C)C)c2C1. The van der Waals surface area contributed by atoms with Gasteiger partial charge in [0, 0.05) is 34.8 Å². The molecule has 9 rings (SSSR count). The first-order chi connectivity index (χ1) is 24.0. The zero-order valence-corrected chi connectivity index (χ0v) is 29.0. The summed E-state index contributed by atoms with van der Waals surface area (Å²) in [6.45, 7) is 6.74. The predicted octanol–water partition coefficient (Wildman–Crippen LogP) is 12.5. The van der Waals surface area contributed by atoms with Crippen molar-refractivity contribution >= 4 is 27.7 Å². The van der Waals surface area contributed by atoms with Gasteiger partial charge in [-0.3, -0.25) is 4.90 Å². The average molecular weight is 651 g/mol. The number of fused-ring (bicyclic) bond motifs is 4. The molecule has 7 aromatic rings. The van der Waals surface area contributed by atoms with E-state index in [2.05, 4.69) is 182 Å². The minimum Gasteiger partial charge on any atom is -0.302 e. The van der Waals surface area contributed by atoms with Crippen LogP contribution in [0, 0.1) is 0 Å². The van der Waals surface area contributed by atoms with Gasteiger partial charge in [0.25, 0.3) is 0 Å². The van der Waals surface area contributed by atoms with Crippen LogP contribution in [0.1, 0.15) is 36.1 Å². The number of nitrogens with zero attached hydrogens (tertiary/aromatic N) is 2. The summed E-state index contributed by atoms with van der Waals surface area (Å²) in [5, 5.41) is 1.20. The summed E-state index contributed by atoms with van der Waals surface area (Å²) in [6, 6.07) is 55.9. The Balaban J connectivity index is 1.28. The molecule has 1 aliphatic carbocycles. The van der Waals surface area contributed by atoms with Crippen LogP contribution in [0.4, 0.5) is 16.4 Å². The summed E-state index contributed by atoms with van der Waals surface area (Å²) in [5.41, 5.74) is 17.0. The van der Waals surface area contributed by atoms with Crippen LogP contribution in [0.3, 0.4) is 0 Å². The van der Waals surface area contributed by atoms with Gasteiger partial charge < -0.3 is 4.90 Å². The third-order valence-electron chi connectivity index (χ3n) is 10.5. The van der Waals surface area contributed by atoms with E-state index >= 15 is 0 Å². The lowest BCUT2D eigenvalue weighted by atomic mass is 9.81. The van der Waals surface area contributed by atoms with E-state index in [9.17, 15) is 0 Å². The quantitative estimate of drug-likeness (QED) is 0.177. The molecule has 0 saturated carbocycles. The van der Waals surface area contributed by atoms with Gasteiger partial charge in [0.05, 0.1) is 0 Å². The highest BCUT2D eigenvalue weighted by Gasteiger charge is 2.38. The van der Waals surface area contributed by atoms with Gasteiger partial charge in [-0.2, -0.15) is 0 Å². The Morgan fingerprint density at radius 2 is 1.22 bits per heavy atom. The number of thiophene rings is 1. The summed E-state index contributed by atoms with van der Waals surface area (Å²) in [6.07, 6.45) is 0. The van der Waals surface area contributed by atoms with Crippen LogP contribution in [0.15, 0.2) is 152 Å². The van der Waals surface area contributed by atoms with E-state index in [1.165, 1.54) is 76.8 Å². The molecule has 6 aromatic carbocycles. The molecule has 1 aliphatic heterocycles. The molecule has 0 unspecified atom stereocenters. The monoisotopic (exact) mass is 650 g/mol. The number of hydrogen-bond donors (Lipinski definition) is 0. The van der Waals surface area contributed by atoms with Gasteiger partial charge >= 0.3 is 0 Å². The van der Waals surface area contributed by atoms with Crippen LogP contribution in [0.2, 0.25) is 0 Å². The Morgan fingerprint density at radius 3 is 2.00 bits per heavy atom. The van der Waals surface area contributed by atoms with Crippen molar-refractivity contribution in [2.45, 2.75) is 32.4 Å². The molecule has 0 N–H and O–H groups in total. The summed E-state index contributed by atoms with van der Waals surface area (Å²) in [5.74, 6) is 0. The lowest BCUT2D eigenvalue weighted by molar-refractivity contribution is 0.353. The van der Waals surface area contributed by atoms with Crippen LogP contribution in [0.5, 0.6) is 0 Å². The fourth-order valence-corrected chi connectivity index (χ4v) is 9.08. The number of hydrogen-bond acceptors (Lipinski definition) is 3. The van der Waals surface area contributed by atoms with Crippen molar-refractivity contribution in [1.29, 1.82) is 0 Å². The van der Waals surface area contributed by atoms with Gasteiger partial charge in [-0.05, 0) is 105 Å². The Hall–Kier alpha value is -5.22. The van der Waals surface area contributed by atoms with Crippen LogP contribution in [0.25, 0.3) is 43.8 Å². The van der Waals surface area contributed by atoms with E-state index in [1.54, 1.807) is 0 Å². The van der Waals surface area contributed by atoms with E-state index in [1.807, 2.05) is 11.3 Å². The lowest BCUT2D eigenvalue weighted by Crippen LogP contribution is -2.16. The minimum absolute atomic E-state index is 0.140. The zero-order valence-electron chi connectivity index (χ0n) is 28.2. The van der Waals surface area contributed by atoms with Crippen LogP contribution in [-0.4, -0.2) is 11.9 Å². The molecule has 0 amide bonds. The molecule has 0 saturated heterocycles. The Labute approximate surface area is 293 Å². The van der Waals surface area contributed by atoms with Crippen LogP contribution in [-0.2, 0) is 18.5 Å². The van der Waals surface area contributed by atoms with Crippen molar-refractivity contribution in [2.24, 2.45) is 0 Å². The number of rotatable bonds is 6. The highest BCUT2D eigenvalue weighted by Crippen LogP contribution is 2.55. The van der Waals surface area contributed by atoms with Crippen molar-refractivity contribution in [1.82, 2.24) is 4.90 Å². The maximum absolute atomic E-state index is 2.48. The fourth-order valence-electron chi connectivity index (χ4n) is 8.02. The first-order valence-corrected chi connectivity index (χ1v) is 18.0. The smallest absolute Gasteiger partial charge is 0.101 e. The van der Waals surface area contributed by atoms with Crippen molar-refractivity contribution < 1.29 is 0 Å². The van der Waals surface area contributed by atoms with Gasteiger partial charge in [0.1, 0.15) is 5.00 Å². The molecule has 0 fully saturated rings. The molecule has 2 heterocycles. The van der Waals surface area contributed by atoms with E-state index in [0.717, 1.165) is 18.8 Å². The second-order valence-corrected chi connectivity index (χ2v) is 15.0. The Morgan fingerprint density at radius 1 is 0.551 bits per heavy atom. The van der Waals surface area contributed by atoms with Crippen molar-refractivity contribution in [2.75, 3.05) is 11.9 Å².